The van der Waals surface area contributed by atoms with Gasteiger partial charge in [0.1, 0.15) is 6.54 Å². The van der Waals surface area contributed by atoms with Gasteiger partial charge >= 0.3 is 5.97 Å². The lowest BCUT2D eigenvalue weighted by Crippen LogP contribution is -2.46. The molecule has 1 fully saturated rings. The number of carbonyl (C=O) groups excluding carboxylic acids is 2. The fraction of sp³-hybridized carbons (Fsp3) is 0.818. The minimum atomic E-state index is -0.361. The summed E-state index contributed by atoms with van der Waals surface area (Å²) in [4.78, 5) is 24.8. The molecule has 0 aromatic heterocycles. The quantitative estimate of drug-likeness (QED) is 0.680. The molecular weight excluding hydrogens is 208 g/mol. The summed E-state index contributed by atoms with van der Waals surface area (Å²) in [5, 5.41) is 3.14. The van der Waals surface area contributed by atoms with E-state index < -0.39 is 0 Å². The molecule has 5 nitrogen and oxygen atoms in total. The van der Waals surface area contributed by atoms with Crippen molar-refractivity contribution in [1.82, 2.24) is 10.2 Å². The van der Waals surface area contributed by atoms with Gasteiger partial charge in [0.2, 0.25) is 5.91 Å². The average molecular weight is 228 g/mol. The topological polar surface area (TPSA) is 58.6 Å². The van der Waals surface area contributed by atoms with Gasteiger partial charge in [0.05, 0.1) is 13.2 Å². The van der Waals surface area contributed by atoms with Crippen molar-refractivity contribution < 1.29 is 14.3 Å². The Balaban J connectivity index is 2.53. The van der Waals surface area contributed by atoms with Gasteiger partial charge in [-0.25, -0.2) is 0 Å². The van der Waals surface area contributed by atoms with E-state index >= 15 is 0 Å². The molecule has 1 aliphatic rings. The second kappa shape index (κ2) is 6.48. The van der Waals surface area contributed by atoms with Crippen LogP contribution in [-0.4, -0.2) is 49.6 Å². The number of carbonyl (C=O) groups is 2. The Morgan fingerprint density at radius 1 is 1.50 bits per heavy atom. The number of hydrogen-bond donors (Lipinski definition) is 1. The smallest absolute Gasteiger partial charge is 0.325 e. The van der Waals surface area contributed by atoms with E-state index in [1.165, 1.54) is 7.11 Å². The number of rotatable bonds is 5. The first kappa shape index (κ1) is 13.0. The highest BCUT2D eigenvalue weighted by atomic mass is 16.5. The fourth-order valence-corrected chi connectivity index (χ4v) is 1.87. The van der Waals surface area contributed by atoms with Gasteiger partial charge in [0, 0.05) is 6.54 Å². The number of nitrogens with zero attached hydrogens (tertiary/aromatic N) is 1. The molecule has 0 radical (unpaired) electrons. The maximum Gasteiger partial charge on any atom is 0.325 e. The molecule has 92 valence electrons. The van der Waals surface area contributed by atoms with Crippen LogP contribution in [0.25, 0.3) is 0 Å². The molecule has 1 saturated heterocycles. The van der Waals surface area contributed by atoms with E-state index in [0.29, 0.717) is 6.54 Å². The van der Waals surface area contributed by atoms with Crippen LogP contribution < -0.4 is 5.32 Å². The van der Waals surface area contributed by atoms with E-state index in [4.69, 9.17) is 0 Å². The second-order valence-corrected chi connectivity index (χ2v) is 3.98. The number of ether oxygens (including phenoxy) is 1. The normalized spacial score (nSPS) is 19.5. The lowest BCUT2D eigenvalue weighted by atomic mass is 10.2. The summed E-state index contributed by atoms with van der Waals surface area (Å²) in [6.45, 7) is 3.53. The average Bonchev–Trinajstić information content (AvgIpc) is 2.80. The molecule has 0 bridgehead atoms. The molecule has 1 unspecified atom stereocenters. The minimum absolute atomic E-state index is 0.0183. The van der Waals surface area contributed by atoms with Crippen molar-refractivity contribution in [2.24, 2.45) is 0 Å². The summed E-state index contributed by atoms with van der Waals surface area (Å²) in [5.74, 6) is -0.343. The summed E-state index contributed by atoms with van der Waals surface area (Å²) in [6, 6.07) is -0.115. The summed E-state index contributed by atoms with van der Waals surface area (Å²) in [5.41, 5.74) is 0. The standard InChI is InChI=1S/C11H20N2O3/c1-3-7-13(8-10(14)16-2)11(15)9-5-4-6-12-9/h9,12H,3-8H2,1-2H3. The van der Waals surface area contributed by atoms with Crippen LogP contribution in [0.15, 0.2) is 0 Å². The third kappa shape index (κ3) is 3.48. The molecule has 1 amide bonds. The van der Waals surface area contributed by atoms with E-state index in [1.54, 1.807) is 4.90 Å². The van der Waals surface area contributed by atoms with Crippen molar-refractivity contribution in [2.75, 3.05) is 26.7 Å². The van der Waals surface area contributed by atoms with Gasteiger partial charge in [-0.3, -0.25) is 9.59 Å². The van der Waals surface area contributed by atoms with Crippen LogP contribution in [0.5, 0.6) is 0 Å². The summed E-state index contributed by atoms with van der Waals surface area (Å²) >= 11 is 0. The molecule has 0 aliphatic carbocycles. The van der Waals surface area contributed by atoms with Gasteiger partial charge in [-0.05, 0) is 25.8 Å². The van der Waals surface area contributed by atoms with Crippen LogP contribution in [0.4, 0.5) is 0 Å². The maximum absolute atomic E-state index is 12.0. The van der Waals surface area contributed by atoms with E-state index in [-0.39, 0.29) is 24.5 Å². The first-order valence-corrected chi connectivity index (χ1v) is 5.78. The van der Waals surface area contributed by atoms with Gasteiger partial charge in [-0.15, -0.1) is 0 Å². The number of amides is 1. The van der Waals surface area contributed by atoms with Crippen molar-refractivity contribution in [3.63, 3.8) is 0 Å². The van der Waals surface area contributed by atoms with E-state index in [2.05, 4.69) is 10.1 Å². The Morgan fingerprint density at radius 3 is 2.75 bits per heavy atom. The zero-order valence-corrected chi connectivity index (χ0v) is 9.99. The van der Waals surface area contributed by atoms with Crippen LogP contribution in [0, 0.1) is 0 Å². The van der Waals surface area contributed by atoms with Gasteiger partial charge in [0.25, 0.3) is 0 Å². The SMILES string of the molecule is CCCN(CC(=O)OC)C(=O)C1CCCN1. The Hall–Kier alpha value is -1.10. The maximum atomic E-state index is 12.0. The Bertz CT molecular complexity index is 250. The number of hydrogen-bond acceptors (Lipinski definition) is 4. The number of esters is 1. The monoisotopic (exact) mass is 228 g/mol. The van der Waals surface area contributed by atoms with Crippen molar-refractivity contribution >= 4 is 11.9 Å². The van der Waals surface area contributed by atoms with Crippen LogP contribution >= 0.6 is 0 Å². The lowest BCUT2D eigenvalue weighted by Gasteiger charge is -2.24. The molecule has 1 N–H and O–H groups in total. The molecule has 1 atom stereocenters. The molecule has 16 heavy (non-hydrogen) atoms. The summed E-state index contributed by atoms with van der Waals surface area (Å²) < 4.78 is 4.59. The van der Waals surface area contributed by atoms with Crippen LogP contribution in [0.1, 0.15) is 26.2 Å². The first-order chi connectivity index (χ1) is 7.69. The Morgan fingerprint density at radius 2 is 2.25 bits per heavy atom. The highest BCUT2D eigenvalue weighted by Gasteiger charge is 2.27. The third-order valence-corrected chi connectivity index (χ3v) is 2.71. The molecule has 1 rings (SSSR count). The lowest BCUT2D eigenvalue weighted by molar-refractivity contribution is -0.147. The molecule has 0 saturated carbocycles. The van der Waals surface area contributed by atoms with Gasteiger partial charge in [-0.1, -0.05) is 6.92 Å². The zero-order valence-electron chi connectivity index (χ0n) is 9.99. The Kier molecular flexibility index (Phi) is 5.25. The molecule has 1 aliphatic heterocycles. The second-order valence-electron chi connectivity index (χ2n) is 3.98. The number of nitrogens with one attached hydrogen (secondary N) is 1. The molecule has 5 heteroatoms. The van der Waals surface area contributed by atoms with Crippen LogP contribution in [0.2, 0.25) is 0 Å². The highest BCUT2D eigenvalue weighted by molar-refractivity contribution is 5.86. The largest absolute Gasteiger partial charge is 0.468 e. The summed E-state index contributed by atoms with van der Waals surface area (Å²) in [6.07, 6.45) is 2.73. The van der Waals surface area contributed by atoms with Crippen molar-refractivity contribution in [3.05, 3.63) is 0 Å². The zero-order chi connectivity index (χ0) is 12.0. The first-order valence-electron chi connectivity index (χ1n) is 5.78. The molecule has 0 spiro atoms. The predicted octanol–water partition coefficient (Wildman–Crippen LogP) is 0.150. The van der Waals surface area contributed by atoms with E-state index in [0.717, 1.165) is 25.8 Å². The fourth-order valence-electron chi connectivity index (χ4n) is 1.87. The van der Waals surface area contributed by atoms with Gasteiger partial charge in [0.15, 0.2) is 0 Å². The molecule has 0 aromatic carbocycles. The van der Waals surface area contributed by atoms with Crippen molar-refractivity contribution in [3.8, 4) is 0 Å². The minimum Gasteiger partial charge on any atom is -0.468 e. The molecule has 1 heterocycles. The Labute approximate surface area is 96.1 Å². The van der Waals surface area contributed by atoms with Crippen LogP contribution in [-0.2, 0) is 14.3 Å². The summed E-state index contributed by atoms with van der Waals surface area (Å²) in [7, 11) is 1.34. The molecule has 0 aromatic rings. The van der Waals surface area contributed by atoms with Crippen molar-refractivity contribution in [2.45, 2.75) is 32.2 Å². The van der Waals surface area contributed by atoms with Crippen LogP contribution in [0.3, 0.4) is 0 Å². The van der Waals surface area contributed by atoms with Gasteiger partial charge < -0.3 is 15.0 Å². The highest BCUT2D eigenvalue weighted by Crippen LogP contribution is 2.09. The van der Waals surface area contributed by atoms with E-state index in [9.17, 15) is 9.59 Å². The van der Waals surface area contributed by atoms with Crippen molar-refractivity contribution in [1.29, 1.82) is 0 Å². The third-order valence-electron chi connectivity index (χ3n) is 2.71. The van der Waals surface area contributed by atoms with Gasteiger partial charge in [-0.2, -0.15) is 0 Å². The number of methoxy groups -OCH3 is 1. The predicted molar refractivity (Wildman–Crippen MR) is 59.9 cm³/mol. The molecular formula is C11H20N2O3. The van der Waals surface area contributed by atoms with E-state index in [1.807, 2.05) is 6.92 Å².